The van der Waals surface area contributed by atoms with E-state index in [-0.39, 0.29) is 11.3 Å². The highest BCUT2D eigenvalue weighted by Gasteiger charge is 2.29. The van der Waals surface area contributed by atoms with Gasteiger partial charge in [0, 0.05) is 5.56 Å². The molecule has 1 aromatic rings. The molecule has 0 amide bonds. The van der Waals surface area contributed by atoms with Crippen LogP contribution in [0.4, 0.5) is 14.5 Å². The van der Waals surface area contributed by atoms with Crippen LogP contribution >= 0.6 is 0 Å². The number of hydrogen-bond acceptors (Lipinski definition) is 4. The van der Waals surface area contributed by atoms with Crippen molar-refractivity contribution >= 4 is 22.8 Å². The molecular weight excluding hydrogens is 290 g/mol. The second-order valence-corrected chi connectivity index (χ2v) is 6.96. The number of nitrogens with zero attached hydrogens (tertiary/aromatic N) is 2. The van der Waals surface area contributed by atoms with E-state index in [1.165, 1.54) is 6.92 Å². The van der Waals surface area contributed by atoms with E-state index in [9.17, 15) is 23.4 Å². The summed E-state index contributed by atoms with van der Waals surface area (Å²) in [6.07, 6.45) is 0. The summed E-state index contributed by atoms with van der Waals surface area (Å²) in [5.41, 5.74) is -1.46. The topological polar surface area (TPSA) is 78.6 Å². The van der Waals surface area contributed by atoms with Crippen molar-refractivity contribution in [1.82, 2.24) is 0 Å². The zero-order chi connectivity index (χ0) is 15.7. The predicted octanol–water partition coefficient (Wildman–Crippen LogP) is 3.14. The zero-order valence-electron chi connectivity index (χ0n) is 11.4. The fourth-order valence-corrected chi connectivity index (χ4v) is 1.92. The lowest BCUT2D eigenvalue weighted by atomic mass is 10.1. The molecule has 20 heavy (non-hydrogen) atoms. The van der Waals surface area contributed by atoms with Crippen LogP contribution in [0.3, 0.4) is 0 Å². The molecule has 0 aromatic heterocycles. The fourth-order valence-electron chi connectivity index (χ4n) is 1.30. The molecule has 0 aliphatic heterocycles. The molecule has 0 spiro atoms. The average Bonchev–Trinajstić information content (AvgIpc) is 2.26. The Labute approximate surface area is 118 Å². The molecule has 1 atom stereocenters. The molecule has 0 saturated carbocycles. The molecule has 0 saturated heterocycles. The summed E-state index contributed by atoms with van der Waals surface area (Å²) in [6, 6.07) is 1.83. The van der Waals surface area contributed by atoms with Crippen molar-refractivity contribution in [3.05, 3.63) is 39.4 Å². The van der Waals surface area contributed by atoms with E-state index in [2.05, 4.69) is 4.40 Å². The maximum absolute atomic E-state index is 13.9. The van der Waals surface area contributed by atoms with Gasteiger partial charge in [0.05, 0.1) is 10.6 Å². The predicted molar refractivity (Wildman–Crippen MR) is 73.1 cm³/mol. The molecule has 0 fully saturated rings. The Morgan fingerprint density at radius 2 is 1.90 bits per heavy atom. The molecule has 110 valence electrons. The molecule has 0 aliphatic carbocycles. The van der Waals surface area contributed by atoms with E-state index in [4.69, 9.17) is 0 Å². The molecule has 1 unspecified atom stereocenters. The van der Waals surface area contributed by atoms with Gasteiger partial charge in [-0.2, -0.15) is 8.78 Å². The van der Waals surface area contributed by atoms with Gasteiger partial charge in [0.1, 0.15) is 16.1 Å². The van der Waals surface area contributed by atoms with Crippen LogP contribution in [0.15, 0.2) is 16.5 Å². The number of nitro benzene ring substituents is 1. The van der Waals surface area contributed by atoms with Crippen LogP contribution in [0.5, 0.6) is 0 Å². The SMILES string of the molecule is C/C(=N\[S+]([O-])C(C)(C)C)c1ccc(F)c([N+](=O)[O-])c1F. The third kappa shape index (κ3) is 3.51. The maximum Gasteiger partial charge on any atom is 0.340 e. The summed E-state index contributed by atoms with van der Waals surface area (Å²) in [7, 11) is 0. The molecule has 0 bridgehead atoms. The molecule has 1 rings (SSSR count). The second-order valence-electron chi connectivity index (χ2n) is 5.05. The van der Waals surface area contributed by atoms with Crippen LogP contribution in [-0.2, 0) is 11.4 Å². The number of hydrogen-bond donors (Lipinski definition) is 0. The van der Waals surface area contributed by atoms with Crippen molar-refractivity contribution in [3.8, 4) is 0 Å². The van der Waals surface area contributed by atoms with Crippen LogP contribution in [0.2, 0.25) is 0 Å². The van der Waals surface area contributed by atoms with Gasteiger partial charge in [0.15, 0.2) is 0 Å². The third-order valence-electron chi connectivity index (χ3n) is 2.38. The van der Waals surface area contributed by atoms with Crippen molar-refractivity contribution in [1.29, 1.82) is 0 Å². The van der Waals surface area contributed by atoms with Crippen LogP contribution < -0.4 is 0 Å². The van der Waals surface area contributed by atoms with Gasteiger partial charge in [-0.3, -0.25) is 10.1 Å². The second kappa shape index (κ2) is 5.84. The van der Waals surface area contributed by atoms with Gasteiger partial charge in [-0.1, -0.05) is 4.40 Å². The minimum absolute atomic E-state index is 0.0128. The summed E-state index contributed by atoms with van der Waals surface area (Å²) in [5, 5.41) is 10.6. The fraction of sp³-hybridized carbons (Fsp3) is 0.417. The molecule has 0 radical (unpaired) electrons. The largest absolute Gasteiger partial charge is 0.591 e. The van der Waals surface area contributed by atoms with E-state index in [0.29, 0.717) is 0 Å². The summed E-state index contributed by atoms with van der Waals surface area (Å²) >= 11 is -1.64. The normalized spacial score (nSPS) is 14.2. The Hall–Kier alpha value is -1.54. The first-order valence-electron chi connectivity index (χ1n) is 5.65. The molecule has 0 aliphatic rings. The van der Waals surface area contributed by atoms with Crippen molar-refractivity contribution in [3.63, 3.8) is 0 Å². The zero-order valence-corrected chi connectivity index (χ0v) is 12.3. The number of benzene rings is 1. The molecular formula is C12H14F2N2O3S. The van der Waals surface area contributed by atoms with Crippen molar-refractivity contribution in [2.75, 3.05) is 0 Å². The van der Waals surface area contributed by atoms with Crippen molar-refractivity contribution in [2.45, 2.75) is 32.4 Å². The molecule has 5 nitrogen and oxygen atoms in total. The van der Waals surface area contributed by atoms with Gasteiger partial charge in [-0.05, 0) is 39.8 Å². The van der Waals surface area contributed by atoms with Crippen LogP contribution in [0.1, 0.15) is 33.3 Å². The van der Waals surface area contributed by atoms with Crippen LogP contribution in [0.25, 0.3) is 0 Å². The highest BCUT2D eigenvalue weighted by atomic mass is 32.2. The average molecular weight is 304 g/mol. The van der Waals surface area contributed by atoms with E-state index in [0.717, 1.165) is 12.1 Å². The summed E-state index contributed by atoms with van der Waals surface area (Å²) < 4.78 is 42.1. The minimum atomic E-state index is -1.64. The van der Waals surface area contributed by atoms with E-state index < -0.39 is 38.4 Å². The third-order valence-corrected chi connectivity index (χ3v) is 3.87. The van der Waals surface area contributed by atoms with E-state index >= 15 is 0 Å². The Kier molecular flexibility index (Phi) is 4.82. The van der Waals surface area contributed by atoms with Gasteiger partial charge >= 0.3 is 5.69 Å². The first-order valence-corrected chi connectivity index (χ1v) is 6.76. The van der Waals surface area contributed by atoms with Gasteiger partial charge in [0.2, 0.25) is 11.6 Å². The van der Waals surface area contributed by atoms with Gasteiger partial charge < -0.3 is 4.55 Å². The van der Waals surface area contributed by atoms with Crippen molar-refractivity contribution in [2.24, 2.45) is 4.40 Å². The van der Waals surface area contributed by atoms with Gasteiger partial charge in [0.25, 0.3) is 0 Å². The monoisotopic (exact) mass is 304 g/mol. The summed E-state index contributed by atoms with van der Waals surface area (Å²) in [4.78, 5) is 9.49. The van der Waals surface area contributed by atoms with E-state index in [1.54, 1.807) is 20.8 Å². The minimum Gasteiger partial charge on any atom is -0.591 e. The molecule has 8 heteroatoms. The molecule has 1 aromatic carbocycles. The first kappa shape index (κ1) is 16.5. The summed E-state index contributed by atoms with van der Waals surface area (Å²) in [6.45, 7) is 6.42. The molecule has 0 heterocycles. The highest BCUT2D eigenvalue weighted by Crippen LogP contribution is 2.26. The van der Waals surface area contributed by atoms with Crippen LogP contribution in [-0.4, -0.2) is 19.9 Å². The number of nitro groups is 1. The van der Waals surface area contributed by atoms with E-state index in [1.807, 2.05) is 0 Å². The Morgan fingerprint density at radius 1 is 1.35 bits per heavy atom. The lowest BCUT2D eigenvalue weighted by molar-refractivity contribution is -0.390. The highest BCUT2D eigenvalue weighted by molar-refractivity contribution is 7.91. The van der Waals surface area contributed by atoms with Gasteiger partial charge in [-0.25, -0.2) is 0 Å². The Balaban J connectivity index is 3.31. The van der Waals surface area contributed by atoms with Gasteiger partial charge in [-0.15, -0.1) is 0 Å². The quantitative estimate of drug-likeness (QED) is 0.372. The lowest BCUT2D eigenvalue weighted by Gasteiger charge is -2.18. The number of rotatable bonds is 3. The Bertz CT molecular complexity index is 571. The standard InChI is InChI=1S/C12H14F2N2O3S/c1-7(15-20(19)12(2,3)4)8-5-6-9(13)11(10(8)14)16(17)18/h5-6H,1-4H3/b15-7+. The van der Waals surface area contributed by atoms with Crippen LogP contribution in [0, 0.1) is 21.7 Å². The smallest absolute Gasteiger partial charge is 0.340 e. The maximum atomic E-state index is 13.9. The van der Waals surface area contributed by atoms with Crippen molar-refractivity contribution < 1.29 is 18.3 Å². The molecule has 0 N–H and O–H groups in total. The number of halogens is 2. The summed E-state index contributed by atoms with van der Waals surface area (Å²) in [5.74, 6) is -2.58. The Morgan fingerprint density at radius 3 is 2.35 bits per heavy atom. The lowest BCUT2D eigenvalue weighted by Crippen LogP contribution is -2.26. The first-order chi connectivity index (χ1) is 9.05.